The van der Waals surface area contributed by atoms with Crippen molar-refractivity contribution in [3.63, 3.8) is 0 Å². The van der Waals surface area contributed by atoms with Gasteiger partial charge in [0.1, 0.15) is 11.8 Å². The van der Waals surface area contributed by atoms with Crippen LogP contribution >= 0.6 is 0 Å². The molecule has 0 aliphatic rings. The third-order valence-corrected chi connectivity index (χ3v) is 3.34. The minimum atomic E-state index is -4.76. The molecule has 0 fully saturated rings. The Morgan fingerprint density at radius 1 is 1.12 bits per heavy atom. The summed E-state index contributed by atoms with van der Waals surface area (Å²) in [5.74, 6) is -0.799. The lowest BCUT2D eigenvalue weighted by Gasteiger charge is -2.14. The van der Waals surface area contributed by atoms with Crippen LogP contribution in [-0.2, 0) is 16.0 Å². The summed E-state index contributed by atoms with van der Waals surface area (Å²) in [6.07, 6.45) is -4.49. The fourth-order valence-corrected chi connectivity index (χ4v) is 2.23. The van der Waals surface area contributed by atoms with Gasteiger partial charge in [0.15, 0.2) is 0 Å². The number of esters is 1. The Bertz CT molecular complexity index is 699. The molecule has 2 aromatic rings. The molecule has 4 nitrogen and oxygen atoms in total. The predicted molar refractivity (Wildman–Crippen MR) is 82.3 cm³/mol. The number of methoxy groups -OCH3 is 1. The van der Waals surface area contributed by atoms with Crippen LogP contribution in [0.5, 0.6) is 5.75 Å². The van der Waals surface area contributed by atoms with Crippen molar-refractivity contribution in [1.29, 1.82) is 0 Å². The number of carbonyl (C=O) groups is 1. The number of para-hydroxylation sites is 1. The van der Waals surface area contributed by atoms with E-state index in [4.69, 9.17) is 5.73 Å². The normalized spacial score (nSPS) is 12.5. The molecule has 0 aromatic heterocycles. The summed E-state index contributed by atoms with van der Waals surface area (Å²) in [6, 6.07) is 11.8. The highest BCUT2D eigenvalue weighted by Gasteiger charge is 2.32. The van der Waals surface area contributed by atoms with Crippen LogP contribution in [0, 0.1) is 0 Å². The number of hydrogen-bond donors (Lipinski definition) is 1. The minimum Gasteiger partial charge on any atom is -0.468 e. The van der Waals surface area contributed by atoms with Gasteiger partial charge in [-0.1, -0.05) is 42.5 Å². The van der Waals surface area contributed by atoms with E-state index < -0.39 is 18.4 Å². The van der Waals surface area contributed by atoms with Gasteiger partial charge in [0.25, 0.3) is 0 Å². The molecule has 0 heterocycles. The average molecular weight is 339 g/mol. The first-order valence-electron chi connectivity index (χ1n) is 7.07. The lowest BCUT2D eigenvalue weighted by Crippen LogP contribution is -2.33. The van der Waals surface area contributed by atoms with E-state index in [1.54, 1.807) is 30.3 Å². The van der Waals surface area contributed by atoms with E-state index in [0.717, 1.165) is 5.56 Å². The number of ether oxygens (including phenoxy) is 2. The van der Waals surface area contributed by atoms with Crippen LogP contribution in [-0.4, -0.2) is 25.5 Å². The van der Waals surface area contributed by atoms with Crippen molar-refractivity contribution in [3.05, 3.63) is 54.1 Å². The second-order valence-electron chi connectivity index (χ2n) is 5.07. The number of nitrogens with two attached hydrogens (primary N) is 1. The maximum absolute atomic E-state index is 12.5. The molecule has 7 heteroatoms. The largest absolute Gasteiger partial charge is 0.573 e. The maximum Gasteiger partial charge on any atom is 0.573 e. The SMILES string of the molecule is COC(=O)[C@@H](N)Cc1ccc(-c2ccccc2OC(F)(F)F)cc1. The molecule has 0 spiro atoms. The Labute approximate surface area is 137 Å². The smallest absolute Gasteiger partial charge is 0.468 e. The van der Waals surface area contributed by atoms with E-state index in [9.17, 15) is 18.0 Å². The Hall–Kier alpha value is -2.54. The third-order valence-electron chi connectivity index (χ3n) is 3.34. The van der Waals surface area contributed by atoms with Crippen LogP contribution in [0.1, 0.15) is 5.56 Å². The van der Waals surface area contributed by atoms with Crippen molar-refractivity contribution in [2.45, 2.75) is 18.8 Å². The van der Waals surface area contributed by atoms with Crippen LogP contribution in [0.15, 0.2) is 48.5 Å². The molecule has 2 N–H and O–H groups in total. The van der Waals surface area contributed by atoms with E-state index in [1.165, 1.54) is 25.3 Å². The molecular formula is C17H16F3NO3. The molecule has 0 amide bonds. The number of hydrogen-bond acceptors (Lipinski definition) is 4. The van der Waals surface area contributed by atoms with Gasteiger partial charge in [-0.25, -0.2) is 0 Å². The van der Waals surface area contributed by atoms with Gasteiger partial charge < -0.3 is 15.2 Å². The Morgan fingerprint density at radius 3 is 2.33 bits per heavy atom. The van der Waals surface area contributed by atoms with Crippen molar-refractivity contribution >= 4 is 5.97 Å². The van der Waals surface area contributed by atoms with Crippen molar-refractivity contribution in [2.75, 3.05) is 7.11 Å². The van der Waals surface area contributed by atoms with Gasteiger partial charge in [-0.15, -0.1) is 13.2 Å². The van der Waals surface area contributed by atoms with Gasteiger partial charge in [0.05, 0.1) is 7.11 Å². The zero-order valence-corrected chi connectivity index (χ0v) is 12.8. The lowest BCUT2D eigenvalue weighted by atomic mass is 10.0. The van der Waals surface area contributed by atoms with E-state index in [0.29, 0.717) is 11.1 Å². The van der Waals surface area contributed by atoms with Gasteiger partial charge in [-0.2, -0.15) is 0 Å². The highest BCUT2D eigenvalue weighted by Crippen LogP contribution is 2.33. The van der Waals surface area contributed by atoms with Crippen LogP contribution in [0.3, 0.4) is 0 Å². The molecule has 0 saturated heterocycles. The van der Waals surface area contributed by atoms with E-state index >= 15 is 0 Å². The molecule has 1 atom stereocenters. The number of halogens is 3. The average Bonchev–Trinajstić information content (AvgIpc) is 2.54. The fraction of sp³-hybridized carbons (Fsp3) is 0.235. The second kappa shape index (κ2) is 7.35. The van der Waals surface area contributed by atoms with E-state index in [-0.39, 0.29) is 12.2 Å². The number of alkyl halides is 3. The highest BCUT2D eigenvalue weighted by atomic mass is 19.4. The number of rotatable bonds is 5. The summed E-state index contributed by atoms with van der Waals surface area (Å²) in [7, 11) is 1.25. The summed E-state index contributed by atoms with van der Waals surface area (Å²) >= 11 is 0. The molecule has 0 bridgehead atoms. The van der Waals surface area contributed by atoms with Crippen LogP contribution in [0.25, 0.3) is 11.1 Å². The number of benzene rings is 2. The molecule has 0 radical (unpaired) electrons. The topological polar surface area (TPSA) is 61.5 Å². The van der Waals surface area contributed by atoms with Crippen LogP contribution in [0.2, 0.25) is 0 Å². The van der Waals surface area contributed by atoms with Gasteiger partial charge in [0.2, 0.25) is 0 Å². The van der Waals surface area contributed by atoms with Crippen molar-refractivity contribution in [3.8, 4) is 16.9 Å². The second-order valence-corrected chi connectivity index (χ2v) is 5.07. The molecule has 0 aliphatic heterocycles. The number of carbonyl (C=O) groups excluding carboxylic acids is 1. The molecular weight excluding hydrogens is 323 g/mol. The minimum absolute atomic E-state index is 0.271. The first-order valence-corrected chi connectivity index (χ1v) is 7.07. The maximum atomic E-state index is 12.5. The van der Waals surface area contributed by atoms with Crippen LogP contribution in [0.4, 0.5) is 13.2 Å². The van der Waals surface area contributed by atoms with Gasteiger partial charge in [-0.05, 0) is 23.6 Å². The lowest BCUT2D eigenvalue weighted by molar-refractivity contribution is -0.274. The van der Waals surface area contributed by atoms with Crippen LogP contribution < -0.4 is 10.5 Å². The highest BCUT2D eigenvalue weighted by molar-refractivity contribution is 5.76. The summed E-state index contributed by atoms with van der Waals surface area (Å²) in [4.78, 5) is 11.3. The zero-order chi connectivity index (χ0) is 17.7. The Morgan fingerprint density at radius 2 is 1.75 bits per heavy atom. The summed E-state index contributed by atoms with van der Waals surface area (Å²) in [5, 5.41) is 0. The first kappa shape index (κ1) is 17.8. The molecule has 24 heavy (non-hydrogen) atoms. The predicted octanol–water partition coefficient (Wildman–Crippen LogP) is 3.30. The van der Waals surface area contributed by atoms with Gasteiger partial charge in [0, 0.05) is 5.56 Å². The summed E-state index contributed by atoms with van der Waals surface area (Å²) in [5.41, 5.74) is 7.33. The molecule has 0 saturated carbocycles. The molecule has 2 rings (SSSR count). The summed E-state index contributed by atoms with van der Waals surface area (Å²) in [6.45, 7) is 0. The Balaban J connectivity index is 2.21. The standard InChI is InChI=1S/C17H16F3NO3/c1-23-16(22)14(21)10-11-6-8-12(9-7-11)13-4-2-3-5-15(13)24-17(18,19)20/h2-9,14H,10,21H2,1H3/t14-/m0/s1. The van der Waals surface area contributed by atoms with Gasteiger partial charge in [-0.3, -0.25) is 4.79 Å². The molecule has 2 aromatic carbocycles. The quantitative estimate of drug-likeness (QED) is 0.849. The zero-order valence-electron chi connectivity index (χ0n) is 12.8. The van der Waals surface area contributed by atoms with E-state index in [1.807, 2.05) is 0 Å². The fourth-order valence-electron chi connectivity index (χ4n) is 2.23. The first-order chi connectivity index (χ1) is 11.3. The van der Waals surface area contributed by atoms with Crippen molar-refractivity contribution in [2.24, 2.45) is 5.73 Å². The molecule has 128 valence electrons. The Kier molecular flexibility index (Phi) is 5.46. The summed E-state index contributed by atoms with van der Waals surface area (Å²) < 4.78 is 46.0. The van der Waals surface area contributed by atoms with Crippen molar-refractivity contribution < 1.29 is 27.4 Å². The molecule has 0 unspecified atom stereocenters. The monoisotopic (exact) mass is 339 g/mol. The molecule has 0 aliphatic carbocycles. The van der Waals surface area contributed by atoms with Gasteiger partial charge >= 0.3 is 12.3 Å². The third kappa shape index (κ3) is 4.73. The van der Waals surface area contributed by atoms with E-state index in [2.05, 4.69) is 9.47 Å². The van der Waals surface area contributed by atoms with Crippen molar-refractivity contribution in [1.82, 2.24) is 0 Å².